The van der Waals surface area contributed by atoms with Crippen LogP contribution in [0.2, 0.25) is 0 Å². The fourth-order valence-corrected chi connectivity index (χ4v) is 4.08. The Balaban J connectivity index is 1.72. The molecule has 1 fully saturated rings. The molecule has 134 valence electrons. The molecular formula is C23H31NO. The van der Waals surface area contributed by atoms with Gasteiger partial charge in [0.15, 0.2) is 0 Å². The average molecular weight is 338 g/mol. The van der Waals surface area contributed by atoms with E-state index in [1.165, 1.54) is 43.2 Å². The van der Waals surface area contributed by atoms with Crippen LogP contribution in [0.25, 0.3) is 0 Å². The largest absolute Gasteiger partial charge is 0.497 e. The first-order valence-corrected chi connectivity index (χ1v) is 9.67. The number of hydrogen-bond donors (Lipinski definition) is 0. The Bertz CT molecular complexity index is 616. The highest BCUT2D eigenvalue weighted by molar-refractivity contribution is 5.36. The van der Waals surface area contributed by atoms with Crippen LogP contribution in [0.4, 0.5) is 0 Å². The highest BCUT2D eigenvalue weighted by Gasteiger charge is 2.20. The summed E-state index contributed by atoms with van der Waals surface area (Å²) in [6.07, 6.45) is 8.11. The molecule has 25 heavy (non-hydrogen) atoms. The van der Waals surface area contributed by atoms with Crippen LogP contribution >= 0.6 is 0 Å². The lowest BCUT2D eigenvalue weighted by molar-refractivity contribution is 0.188. The zero-order chi connectivity index (χ0) is 17.5. The van der Waals surface area contributed by atoms with Crippen LogP contribution in [0.15, 0.2) is 54.6 Å². The molecule has 0 spiro atoms. The molecule has 0 amide bonds. The lowest BCUT2D eigenvalue weighted by atomic mass is 9.87. The van der Waals surface area contributed by atoms with E-state index in [2.05, 4.69) is 66.5 Å². The normalized spacial score (nSPS) is 16.8. The molecule has 0 N–H and O–H groups in total. The summed E-state index contributed by atoms with van der Waals surface area (Å²) in [6.45, 7) is 1.15. The summed E-state index contributed by atoms with van der Waals surface area (Å²) < 4.78 is 5.32. The first-order chi connectivity index (χ1) is 12.3. The van der Waals surface area contributed by atoms with Crippen molar-refractivity contribution in [1.29, 1.82) is 0 Å². The average Bonchev–Trinajstić information content (AvgIpc) is 2.70. The van der Waals surface area contributed by atoms with Crippen molar-refractivity contribution in [3.63, 3.8) is 0 Å². The number of hydrogen-bond acceptors (Lipinski definition) is 2. The van der Waals surface area contributed by atoms with Crippen molar-refractivity contribution >= 4 is 0 Å². The van der Waals surface area contributed by atoms with Gasteiger partial charge >= 0.3 is 0 Å². The summed E-state index contributed by atoms with van der Waals surface area (Å²) in [5.74, 6) is 1.37. The maximum atomic E-state index is 5.32. The summed E-state index contributed by atoms with van der Waals surface area (Å²) in [7, 11) is 4.04. The molecule has 1 aliphatic rings. The van der Waals surface area contributed by atoms with E-state index in [1.807, 2.05) is 0 Å². The van der Waals surface area contributed by atoms with E-state index in [1.54, 1.807) is 7.11 Å². The van der Waals surface area contributed by atoms with Crippen LogP contribution in [0.5, 0.6) is 5.75 Å². The van der Waals surface area contributed by atoms with Gasteiger partial charge in [-0.15, -0.1) is 0 Å². The maximum absolute atomic E-state index is 5.32. The van der Waals surface area contributed by atoms with Gasteiger partial charge in [0.1, 0.15) is 5.75 Å². The number of benzene rings is 2. The number of methoxy groups -OCH3 is 1. The van der Waals surface area contributed by atoms with E-state index in [0.717, 1.165) is 24.8 Å². The fraction of sp³-hybridized carbons (Fsp3) is 0.478. The molecule has 0 bridgehead atoms. The Morgan fingerprint density at radius 3 is 2.20 bits per heavy atom. The third-order valence-electron chi connectivity index (χ3n) is 5.69. The van der Waals surface area contributed by atoms with Gasteiger partial charge in [0, 0.05) is 12.0 Å². The molecule has 0 saturated heterocycles. The highest BCUT2D eigenvalue weighted by Crippen LogP contribution is 2.30. The minimum absolute atomic E-state index is 0.443. The molecule has 1 unspecified atom stereocenters. The first kappa shape index (κ1) is 18.0. The molecule has 2 aromatic carbocycles. The Labute approximate surface area is 152 Å². The van der Waals surface area contributed by atoms with E-state index < -0.39 is 0 Å². The van der Waals surface area contributed by atoms with Crippen LogP contribution in [-0.2, 0) is 0 Å². The first-order valence-electron chi connectivity index (χ1n) is 9.67. The van der Waals surface area contributed by atoms with Gasteiger partial charge in [-0.3, -0.25) is 0 Å². The smallest absolute Gasteiger partial charge is 0.118 e. The minimum Gasteiger partial charge on any atom is -0.497 e. The van der Waals surface area contributed by atoms with Gasteiger partial charge in [-0.25, -0.2) is 0 Å². The predicted octanol–water partition coefficient (Wildman–Crippen LogP) is 5.48. The van der Waals surface area contributed by atoms with Crippen molar-refractivity contribution in [2.75, 3.05) is 20.7 Å². The highest BCUT2D eigenvalue weighted by atomic mass is 16.5. The topological polar surface area (TPSA) is 12.5 Å². The van der Waals surface area contributed by atoms with Crippen LogP contribution in [0.3, 0.4) is 0 Å². The van der Waals surface area contributed by atoms with Gasteiger partial charge in [0.25, 0.3) is 0 Å². The molecule has 0 aliphatic heterocycles. The molecule has 1 saturated carbocycles. The van der Waals surface area contributed by atoms with Crippen LogP contribution in [0, 0.1) is 0 Å². The molecule has 1 atom stereocenters. The van der Waals surface area contributed by atoms with Crippen molar-refractivity contribution in [2.24, 2.45) is 0 Å². The third kappa shape index (κ3) is 4.85. The molecule has 2 aromatic rings. The second-order valence-corrected chi connectivity index (χ2v) is 7.30. The standard InChI is InChI=1S/C23H31NO/c1-24(21-11-7-4-8-12-21)18-17-23(19-9-5-3-6-10-19)20-13-15-22(25-2)16-14-20/h3,5-6,9-10,13-16,21,23H,4,7-8,11-12,17-18H2,1-2H3. The molecule has 3 rings (SSSR count). The Kier molecular flexibility index (Phi) is 6.52. The molecular weight excluding hydrogens is 306 g/mol. The lowest BCUT2D eigenvalue weighted by Crippen LogP contribution is -2.34. The third-order valence-corrected chi connectivity index (χ3v) is 5.69. The predicted molar refractivity (Wildman–Crippen MR) is 105 cm³/mol. The minimum atomic E-state index is 0.443. The number of nitrogens with zero attached hydrogens (tertiary/aromatic N) is 1. The zero-order valence-electron chi connectivity index (χ0n) is 15.7. The van der Waals surface area contributed by atoms with Gasteiger partial charge in [-0.05, 0) is 56.1 Å². The fourth-order valence-electron chi connectivity index (χ4n) is 4.08. The van der Waals surface area contributed by atoms with Gasteiger partial charge in [-0.2, -0.15) is 0 Å². The van der Waals surface area contributed by atoms with Crippen molar-refractivity contribution in [1.82, 2.24) is 4.90 Å². The summed E-state index contributed by atoms with van der Waals surface area (Å²) >= 11 is 0. The molecule has 0 heterocycles. The molecule has 1 aliphatic carbocycles. The van der Waals surface area contributed by atoms with E-state index in [-0.39, 0.29) is 0 Å². The SMILES string of the molecule is COc1ccc(C(CCN(C)C2CCCCC2)c2ccccc2)cc1. The summed E-state index contributed by atoms with van der Waals surface area (Å²) in [4.78, 5) is 2.60. The van der Waals surface area contributed by atoms with Crippen molar-refractivity contribution in [3.8, 4) is 5.75 Å². The number of rotatable bonds is 7. The Morgan fingerprint density at radius 1 is 0.920 bits per heavy atom. The van der Waals surface area contributed by atoms with E-state index in [4.69, 9.17) is 4.74 Å². The van der Waals surface area contributed by atoms with Gasteiger partial charge in [-0.1, -0.05) is 61.7 Å². The summed E-state index contributed by atoms with van der Waals surface area (Å²) in [6, 6.07) is 20.3. The van der Waals surface area contributed by atoms with Crippen molar-refractivity contribution in [3.05, 3.63) is 65.7 Å². The van der Waals surface area contributed by atoms with E-state index in [9.17, 15) is 0 Å². The molecule has 0 radical (unpaired) electrons. The molecule has 2 heteroatoms. The molecule has 2 nitrogen and oxygen atoms in total. The van der Waals surface area contributed by atoms with Gasteiger partial charge in [0.2, 0.25) is 0 Å². The second-order valence-electron chi connectivity index (χ2n) is 7.30. The second kappa shape index (κ2) is 9.05. The lowest BCUT2D eigenvalue weighted by Gasteiger charge is -2.32. The van der Waals surface area contributed by atoms with E-state index in [0.29, 0.717) is 5.92 Å². The quantitative estimate of drug-likeness (QED) is 0.663. The van der Waals surface area contributed by atoms with Gasteiger partial charge < -0.3 is 9.64 Å². The zero-order valence-corrected chi connectivity index (χ0v) is 15.7. The Morgan fingerprint density at radius 2 is 1.56 bits per heavy atom. The van der Waals surface area contributed by atoms with E-state index >= 15 is 0 Å². The van der Waals surface area contributed by atoms with Crippen LogP contribution in [0.1, 0.15) is 55.6 Å². The monoisotopic (exact) mass is 337 g/mol. The van der Waals surface area contributed by atoms with Gasteiger partial charge in [0.05, 0.1) is 7.11 Å². The Hall–Kier alpha value is -1.80. The maximum Gasteiger partial charge on any atom is 0.118 e. The number of ether oxygens (including phenoxy) is 1. The summed E-state index contributed by atoms with van der Waals surface area (Å²) in [5, 5.41) is 0. The molecule has 0 aromatic heterocycles. The van der Waals surface area contributed by atoms with Crippen LogP contribution < -0.4 is 4.74 Å². The van der Waals surface area contributed by atoms with Crippen molar-refractivity contribution in [2.45, 2.75) is 50.5 Å². The van der Waals surface area contributed by atoms with Crippen LogP contribution in [-0.4, -0.2) is 31.6 Å². The summed E-state index contributed by atoms with van der Waals surface area (Å²) in [5.41, 5.74) is 2.79. The van der Waals surface area contributed by atoms with Crippen molar-refractivity contribution < 1.29 is 4.74 Å².